The molecular weight excluding hydrogens is 231 g/mol. The largest absolute Gasteiger partial charge is 0.374 e. The Morgan fingerprint density at radius 2 is 2.00 bits per heavy atom. The first-order valence-electron chi connectivity index (χ1n) is 6.36. The molecule has 0 radical (unpaired) electrons. The molecule has 100 valence electrons. The first kappa shape index (κ1) is 14.5. The smallest absolute Gasteiger partial charge is 0.239 e. The predicted molar refractivity (Wildman–Crippen MR) is 72.1 cm³/mol. The highest BCUT2D eigenvalue weighted by molar-refractivity contribution is 5.81. The summed E-state index contributed by atoms with van der Waals surface area (Å²) in [5.74, 6) is -0.444. The summed E-state index contributed by atoms with van der Waals surface area (Å²) < 4.78 is 13.4. The van der Waals surface area contributed by atoms with Gasteiger partial charge in [0, 0.05) is 6.04 Å². The van der Waals surface area contributed by atoms with Crippen molar-refractivity contribution in [2.45, 2.75) is 39.7 Å². The average Bonchev–Trinajstić information content (AvgIpc) is 2.37. The molecule has 0 spiro atoms. The SMILES string of the molecule is CCC(CC)NC(=O)CNc1cc(C)ccc1F. The third kappa shape index (κ3) is 4.35. The topological polar surface area (TPSA) is 41.1 Å². The van der Waals surface area contributed by atoms with Crippen LogP contribution in [0.25, 0.3) is 0 Å². The van der Waals surface area contributed by atoms with Gasteiger partial charge in [0.2, 0.25) is 5.91 Å². The lowest BCUT2D eigenvalue weighted by Crippen LogP contribution is -2.37. The van der Waals surface area contributed by atoms with E-state index in [1.807, 2.05) is 20.8 Å². The Hall–Kier alpha value is -1.58. The molecule has 0 atom stereocenters. The predicted octanol–water partition coefficient (Wildman–Crippen LogP) is 2.85. The maximum Gasteiger partial charge on any atom is 0.239 e. The second-order valence-corrected chi connectivity index (χ2v) is 4.42. The van der Waals surface area contributed by atoms with Crippen molar-refractivity contribution in [1.29, 1.82) is 0 Å². The molecule has 0 bridgehead atoms. The molecule has 0 unspecified atom stereocenters. The van der Waals surface area contributed by atoms with Gasteiger partial charge in [-0.25, -0.2) is 4.39 Å². The molecule has 0 heterocycles. The number of benzene rings is 1. The summed E-state index contributed by atoms with van der Waals surface area (Å²) in [7, 11) is 0. The van der Waals surface area contributed by atoms with Gasteiger partial charge >= 0.3 is 0 Å². The number of halogens is 1. The standard InChI is InChI=1S/C14H21FN2O/c1-4-11(5-2)17-14(18)9-16-13-8-10(3)6-7-12(13)15/h6-8,11,16H,4-5,9H2,1-3H3,(H,17,18). The molecule has 1 aromatic carbocycles. The Bertz CT molecular complexity index is 403. The number of aryl methyl sites for hydroxylation is 1. The number of amides is 1. The minimum absolute atomic E-state index is 0.0941. The summed E-state index contributed by atoms with van der Waals surface area (Å²) in [5.41, 5.74) is 1.33. The quantitative estimate of drug-likeness (QED) is 0.817. The van der Waals surface area contributed by atoms with Crippen molar-refractivity contribution in [3.8, 4) is 0 Å². The molecule has 0 aromatic heterocycles. The molecule has 0 aliphatic rings. The monoisotopic (exact) mass is 252 g/mol. The van der Waals surface area contributed by atoms with Gasteiger partial charge in [-0.05, 0) is 37.5 Å². The third-order valence-electron chi connectivity index (χ3n) is 2.91. The third-order valence-corrected chi connectivity index (χ3v) is 2.91. The Kier molecular flexibility index (Phi) is 5.62. The normalized spacial score (nSPS) is 10.5. The van der Waals surface area contributed by atoms with Crippen LogP contribution in [0.2, 0.25) is 0 Å². The van der Waals surface area contributed by atoms with Crippen LogP contribution in [0.4, 0.5) is 10.1 Å². The molecule has 2 N–H and O–H groups in total. The minimum Gasteiger partial charge on any atom is -0.374 e. The first-order valence-corrected chi connectivity index (χ1v) is 6.36. The van der Waals surface area contributed by atoms with Crippen molar-refractivity contribution in [2.75, 3.05) is 11.9 Å². The highest BCUT2D eigenvalue weighted by atomic mass is 19.1. The summed E-state index contributed by atoms with van der Waals surface area (Å²) in [6, 6.07) is 4.99. The molecule has 0 aliphatic heterocycles. The Morgan fingerprint density at radius 1 is 1.33 bits per heavy atom. The van der Waals surface area contributed by atoms with Crippen molar-refractivity contribution >= 4 is 11.6 Å². The number of nitrogens with one attached hydrogen (secondary N) is 2. The van der Waals surface area contributed by atoms with E-state index in [4.69, 9.17) is 0 Å². The lowest BCUT2D eigenvalue weighted by molar-refractivity contribution is -0.120. The molecule has 18 heavy (non-hydrogen) atoms. The van der Waals surface area contributed by atoms with Gasteiger partial charge in [-0.1, -0.05) is 19.9 Å². The molecule has 4 heteroatoms. The molecule has 0 saturated carbocycles. The molecular formula is C14H21FN2O. The van der Waals surface area contributed by atoms with E-state index >= 15 is 0 Å². The van der Waals surface area contributed by atoms with Gasteiger partial charge < -0.3 is 10.6 Å². The number of carbonyl (C=O) groups is 1. The van der Waals surface area contributed by atoms with E-state index in [2.05, 4.69) is 10.6 Å². The number of carbonyl (C=O) groups excluding carboxylic acids is 1. The summed E-state index contributed by atoms with van der Waals surface area (Å²) in [5, 5.41) is 5.72. The summed E-state index contributed by atoms with van der Waals surface area (Å²) in [4.78, 5) is 11.6. The van der Waals surface area contributed by atoms with E-state index in [0.717, 1.165) is 18.4 Å². The van der Waals surface area contributed by atoms with Crippen LogP contribution in [-0.2, 0) is 4.79 Å². The lowest BCUT2D eigenvalue weighted by Gasteiger charge is -2.15. The highest BCUT2D eigenvalue weighted by Gasteiger charge is 2.09. The van der Waals surface area contributed by atoms with E-state index in [0.29, 0.717) is 5.69 Å². The van der Waals surface area contributed by atoms with Gasteiger partial charge in [-0.2, -0.15) is 0 Å². The zero-order valence-corrected chi connectivity index (χ0v) is 11.2. The zero-order chi connectivity index (χ0) is 13.5. The van der Waals surface area contributed by atoms with Crippen LogP contribution in [-0.4, -0.2) is 18.5 Å². The van der Waals surface area contributed by atoms with Gasteiger partial charge in [-0.3, -0.25) is 4.79 Å². The van der Waals surface area contributed by atoms with Crippen LogP contribution in [0.3, 0.4) is 0 Å². The van der Waals surface area contributed by atoms with Crippen LogP contribution in [0.5, 0.6) is 0 Å². The van der Waals surface area contributed by atoms with Gasteiger partial charge in [0.1, 0.15) is 5.82 Å². The van der Waals surface area contributed by atoms with Crippen molar-refractivity contribution in [3.05, 3.63) is 29.6 Å². The maximum absolute atomic E-state index is 13.4. The highest BCUT2D eigenvalue weighted by Crippen LogP contribution is 2.14. The molecule has 1 amide bonds. The van der Waals surface area contributed by atoms with Crippen molar-refractivity contribution in [1.82, 2.24) is 5.32 Å². The molecule has 1 rings (SSSR count). The van der Waals surface area contributed by atoms with E-state index in [1.165, 1.54) is 6.07 Å². The van der Waals surface area contributed by atoms with Gasteiger partial charge in [0.25, 0.3) is 0 Å². The lowest BCUT2D eigenvalue weighted by atomic mass is 10.2. The number of rotatable bonds is 6. The summed E-state index contributed by atoms with van der Waals surface area (Å²) >= 11 is 0. The van der Waals surface area contributed by atoms with Crippen LogP contribution in [0.1, 0.15) is 32.3 Å². The fraction of sp³-hybridized carbons (Fsp3) is 0.500. The van der Waals surface area contributed by atoms with Gasteiger partial charge in [-0.15, -0.1) is 0 Å². The number of hydrogen-bond acceptors (Lipinski definition) is 2. The van der Waals surface area contributed by atoms with E-state index in [9.17, 15) is 9.18 Å². The zero-order valence-electron chi connectivity index (χ0n) is 11.2. The minimum atomic E-state index is -0.337. The summed E-state index contributed by atoms with van der Waals surface area (Å²) in [6.07, 6.45) is 1.81. The molecule has 1 aromatic rings. The second-order valence-electron chi connectivity index (χ2n) is 4.42. The second kappa shape index (κ2) is 6.99. The van der Waals surface area contributed by atoms with Gasteiger partial charge in [0.15, 0.2) is 0 Å². The average molecular weight is 252 g/mol. The van der Waals surface area contributed by atoms with Crippen molar-refractivity contribution in [3.63, 3.8) is 0 Å². The Labute approximate surface area is 108 Å². The van der Waals surface area contributed by atoms with Crippen molar-refractivity contribution < 1.29 is 9.18 Å². The Morgan fingerprint density at radius 3 is 2.61 bits per heavy atom. The van der Waals surface area contributed by atoms with Crippen LogP contribution in [0.15, 0.2) is 18.2 Å². The van der Waals surface area contributed by atoms with E-state index in [-0.39, 0.29) is 24.3 Å². The molecule has 0 fully saturated rings. The van der Waals surface area contributed by atoms with Crippen LogP contribution in [0, 0.1) is 12.7 Å². The summed E-state index contributed by atoms with van der Waals surface area (Å²) in [6.45, 7) is 6.04. The van der Waals surface area contributed by atoms with Crippen molar-refractivity contribution in [2.24, 2.45) is 0 Å². The molecule has 0 aliphatic carbocycles. The van der Waals surface area contributed by atoms with Crippen LogP contribution < -0.4 is 10.6 Å². The van der Waals surface area contributed by atoms with E-state index in [1.54, 1.807) is 12.1 Å². The fourth-order valence-corrected chi connectivity index (χ4v) is 1.72. The number of anilines is 1. The number of hydrogen-bond donors (Lipinski definition) is 2. The van der Waals surface area contributed by atoms with Crippen LogP contribution >= 0.6 is 0 Å². The fourth-order valence-electron chi connectivity index (χ4n) is 1.72. The van der Waals surface area contributed by atoms with Gasteiger partial charge in [0.05, 0.1) is 12.2 Å². The maximum atomic E-state index is 13.4. The Balaban J connectivity index is 2.49. The molecule has 0 saturated heterocycles. The molecule has 3 nitrogen and oxygen atoms in total. The van der Waals surface area contributed by atoms with E-state index < -0.39 is 0 Å². The first-order chi connectivity index (χ1) is 8.56.